The maximum atomic E-state index is 6.18. The molecule has 2 aromatic heterocycles. The van der Waals surface area contributed by atoms with E-state index in [1.54, 1.807) is 17.5 Å². The van der Waals surface area contributed by atoms with Crippen molar-refractivity contribution in [2.75, 3.05) is 0 Å². The molecule has 0 saturated carbocycles. The number of pyridine rings is 1. The number of hydrogen-bond acceptors (Lipinski definition) is 3. The normalized spacial score (nSPS) is 12.6. The molecule has 1 atom stereocenters. The minimum Gasteiger partial charge on any atom is -0.323 e. The first-order valence-corrected chi connectivity index (χ1v) is 6.34. The van der Waals surface area contributed by atoms with E-state index >= 15 is 0 Å². The molecule has 0 aliphatic heterocycles. The van der Waals surface area contributed by atoms with Gasteiger partial charge >= 0.3 is 0 Å². The highest BCUT2D eigenvalue weighted by atomic mass is 32.1. The molecule has 2 N–H and O–H groups in total. The van der Waals surface area contributed by atoms with Gasteiger partial charge in [0.1, 0.15) is 0 Å². The molecule has 0 spiro atoms. The predicted octanol–water partition coefficient (Wildman–Crippen LogP) is 3.08. The Labute approximate surface area is 100 Å². The minimum atomic E-state index is 0.153. The molecule has 3 heteroatoms. The highest BCUT2D eigenvalue weighted by Gasteiger charge is 2.10. The van der Waals surface area contributed by atoms with E-state index in [1.807, 2.05) is 12.3 Å². The summed E-state index contributed by atoms with van der Waals surface area (Å²) in [4.78, 5) is 5.41. The first-order chi connectivity index (χ1) is 7.77. The number of rotatable bonds is 4. The quantitative estimate of drug-likeness (QED) is 0.879. The van der Waals surface area contributed by atoms with Gasteiger partial charge in [-0.1, -0.05) is 6.07 Å². The first-order valence-electron chi connectivity index (χ1n) is 5.46. The van der Waals surface area contributed by atoms with E-state index in [9.17, 15) is 0 Å². The standard InChI is InChI=1S/C13H16N2S/c1-10-6-8-16-13(10)12(14)5-4-11-3-2-7-15-9-11/h2-3,6-9,12H,4-5,14H2,1H3. The van der Waals surface area contributed by atoms with Crippen LogP contribution in [0.15, 0.2) is 36.0 Å². The van der Waals surface area contributed by atoms with Gasteiger partial charge < -0.3 is 5.73 Å². The van der Waals surface area contributed by atoms with Crippen molar-refractivity contribution in [1.29, 1.82) is 0 Å². The zero-order chi connectivity index (χ0) is 11.4. The molecule has 2 rings (SSSR count). The van der Waals surface area contributed by atoms with E-state index < -0.39 is 0 Å². The molecule has 0 bridgehead atoms. The Morgan fingerprint density at radius 1 is 1.44 bits per heavy atom. The SMILES string of the molecule is Cc1ccsc1C(N)CCc1cccnc1. The largest absolute Gasteiger partial charge is 0.323 e. The maximum absolute atomic E-state index is 6.18. The molecular weight excluding hydrogens is 216 g/mol. The van der Waals surface area contributed by atoms with Gasteiger partial charge in [0.05, 0.1) is 0 Å². The summed E-state index contributed by atoms with van der Waals surface area (Å²) in [5.74, 6) is 0. The van der Waals surface area contributed by atoms with Gasteiger partial charge in [-0.2, -0.15) is 0 Å². The fourth-order valence-corrected chi connectivity index (χ4v) is 2.73. The lowest BCUT2D eigenvalue weighted by Crippen LogP contribution is -2.10. The highest BCUT2D eigenvalue weighted by Crippen LogP contribution is 2.25. The molecule has 2 aromatic rings. The lowest BCUT2D eigenvalue weighted by Gasteiger charge is -2.10. The maximum Gasteiger partial charge on any atom is 0.0395 e. The molecule has 0 aromatic carbocycles. The third-order valence-corrected chi connectivity index (χ3v) is 3.86. The molecule has 0 aliphatic carbocycles. The second-order valence-electron chi connectivity index (χ2n) is 3.97. The van der Waals surface area contributed by atoms with Gasteiger partial charge in [-0.15, -0.1) is 11.3 Å². The summed E-state index contributed by atoms with van der Waals surface area (Å²) in [6.07, 6.45) is 5.68. The molecule has 0 aliphatic rings. The Bertz CT molecular complexity index is 436. The van der Waals surface area contributed by atoms with Crippen LogP contribution in [0.5, 0.6) is 0 Å². The summed E-state index contributed by atoms with van der Waals surface area (Å²) in [6.45, 7) is 2.12. The Morgan fingerprint density at radius 2 is 2.31 bits per heavy atom. The van der Waals surface area contributed by atoms with Crippen molar-refractivity contribution in [1.82, 2.24) is 4.98 Å². The zero-order valence-corrected chi connectivity index (χ0v) is 10.2. The van der Waals surface area contributed by atoms with Crippen molar-refractivity contribution in [2.45, 2.75) is 25.8 Å². The zero-order valence-electron chi connectivity index (χ0n) is 9.39. The number of thiophene rings is 1. The van der Waals surface area contributed by atoms with Gasteiger partial charge in [-0.25, -0.2) is 0 Å². The average Bonchev–Trinajstić information content (AvgIpc) is 2.74. The summed E-state index contributed by atoms with van der Waals surface area (Å²) in [6, 6.07) is 6.35. The van der Waals surface area contributed by atoms with Gasteiger partial charge in [-0.05, 0) is 48.4 Å². The fourth-order valence-electron chi connectivity index (χ4n) is 1.76. The lowest BCUT2D eigenvalue weighted by molar-refractivity contribution is 0.658. The van der Waals surface area contributed by atoms with Crippen LogP contribution in [0, 0.1) is 6.92 Å². The van der Waals surface area contributed by atoms with Crippen molar-refractivity contribution < 1.29 is 0 Å². The minimum absolute atomic E-state index is 0.153. The van der Waals surface area contributed by atoms with Crippen LogP contribution in [-0.2, 0) is 6.42 Å². The first kappa shape index (κ1) is 11.3. The third-order valence-electron chi connectivity index (χ3n) is 2.71. The molecule has 2 heterocycles. The van der Waals surface area contributed by atoms with Gasteiger partial charge in [0.25, 0.3) is 0 Å². The van der Waals surface area contributed by atoms with Gasteiger partial charge in [0, 0.05) is 23.3 Å². The number of aryl methyl sites for hydroxylation is 2. The number of nitrogens with zero attached hydrogens (tertiary/aromatic N) is 1. The predicted molar refractivity (Wildman–Crippen MR) is 68.5 cm³/mol. The Kier molecular flexibility index (Phi) is 3.70. The van der Waals surface area contributed by atoms with Gasteiger partial charge in [-0.3, -0.25) is 4.98 Å². The van der Waals surface area contributed by atoms with E-state index in [0.29, 0.717) is 0 Å². The molecule has 0 saturated heterocycles. The molecule has 0 amide bonds. The molecule has 0 fully saturated rings. The smallest absolute Gasteiger partial charge is 0.0395 e. The van der Waals surface area contributed by atoms with Crippen LogP contribution >= 0.6 is 11.3 Å². The van der Waals surface area contributed by atoms with E-state index in [0.717, 1.165) is 12.8 Å². The lowest BCUT2D eigenvalue weighted by atomic mass is 10.0. The fraction of sp³-hybridized carbons (Fsp3) is 0.308. The molecule has 84 valence electrons. The summed E-state index contributed by atoms with van der Waals surface area (Å²) in [5.41, 5.74) is 8.74. The second-order valence-corrected chi connectivity index (χ2v) is 4.92. The van der Waals surface area contributed by atoms with Crippen LogP contribution < -0.4 is 5.73 Å². The van der Waals surface area contributed by atoms with Gasteiger partial charge in [0.15, 0.2) is 0 Å². The molecule has 1 unspecified atom stereocenters. The summed E-state index contributed by atoms with van der Waals surface area (Å²) in [5, 5.41) is 2.11. The van der Waals surface area contributed by atoms with Crippen molar-refractivity contribution in [3.05, 3.63) is 52.0 Å². The Balaban J connectivity index is 1.94. The van der Waals surface area contributed by atoms with E-state index in [4.69, 9.17) is 5.73 Å². The summed E-state index contributed by atoms with van der Waals surface area (Å²) < 4.78 is 0. The van der Waals surface area contributed by atoms with Crippen molar-refractivity contribution >= 4 is 11.3 Å². The van der Waals surface area contributed by atoms with Crippen LogP contribution in [0.1, 0.15) is 28.5 Å². The molecule has 16 heavy (non-hydrogen) atoms. The number of aromatic nitrogens is 1. The average molecular weight is 232 g/mol. The second kappa shape index (κ2) is 5.23. The van der Waals surface area contributed by atoms with Crippen molar-refractivity contribution in [2.24, 2.45) is 5.73 Å². The highest BCUT2D eigenvalue weighted by molar-refractivity contribution is 7.10. The van der Waals surface area contributed by atoms with Crippen LogP contribution in [-0.4, -0.2) is 4.98 Å². The van der Waals surface area contributed by atoms with Crippen LogP contribution in [0.3, 0.4) is 0 Å². The molecule has 0 radical (unpaired) electrons. The number of nitrogens with two attached hydrogens (primary N) is 1. The van der Waals surface area contributed by atoms with Gasteiger partial charge in [0.2, 0.25) is 0 Å². The van der Waals surface area contributed by atoms with Crippen LogP contribution in [0.25, 0.3) is 0 Å². The molecular formula is C13H16N2S. The van der Waals surface area contributed by atoms with Crippen molar-refractivity contribution in [3.63, 3.8) is 0 Å². The Hall–Kier alpha value is -1.19. The van der Waals surface area contributed by atoms with Crippen LogP contribution in [0.2, 0.25) is 0 Å². The summed E-state index contributed by atoms with van der Waals surface area (Å²) in [7, 11) is 0. The van der Waals surface area contributed by atoms with E-state index in [-0.39, 0.29) is 6.04 Å². The topological polar surface area (TPSA) is 38.9 Å². The molecule has 2 nitrogen and oxygen atoms in total. The van der Waals surface area contributed by atoms with E-state index in [1.165, 1.54) is 16.0 Å². The van der Waals surface area contributed by atoms with E-state index in [2.05, 4.69) is 29.4 Å². The number of hydrogen-bond donors (Lipinski definition) is 1. The van der Waals surface area contributed by atoms with Crippen molar-refractivity contribution in [3.8, 4) is 0 Å². The summed E-state index contributed by atoms with van der Waals surface area (Å²) >= 11 is 1.75. The monoisotopic (exact) mass is 232 g/mol. The Morgan fingerprint density at radius 3 is 2.94 bits per heavy atom. The third kappa shape index (κ3) is 2.68. The van der Waals surface area contributed by atoms with Crippen LogP contribution in [0.4, 0.5) is 0 Å².